The highest BCUT2D eigenvalue weighted by atomic mass is 32.2. The van der Waals surface area contributed by atoms with E-state index in [1.165, 1.54) is 42.5 Å². The number of carbonyl (C=O) groups is 2. The zero-order valence-electron chi connectivity index (χ0n) is 15.1. The van der Waals surface area contributed by atoms with Crippen molar-refractivity contribution in [1.82, 2.24) is 4.98 Å². The highest BCUT2D eigenvalue weighted by molar-refractivity contribution is 7.92. The average Bonchev–Trinajstić information content (AvgIpc) is 3.02. The van der Waals surface area contributed by atoms with E-state index < -0.39 is 10.0 Å². The SMILES string of the molecule is CCC(=O)Nc1nc2cc(NS(=O)(=O)c3ccc(NC(C)=O)cc3)ccc2s1. The van der Waals surface area contributed by atoms with Gasteiger partial charge in [0.15, 0.2) is 5.13 Å². The van der Waals surface area contributed by atoms with Crippen LogP contribution in [0.2, 0.25) is 0 Å². The van der Waals surface area contributed by atoms with Crippen LogP contribution in [0.3, 0.4) is 0 Å². The van der Waals surface area contributed by atoms with Gasteiger partial charge in [-0.25, -0.2) is 13.4 Å². The first kappa shape index (κ1) is 19.8. The highest BCUT2D eigenvalue weighted by Crippen LogP contribution is 2.29. The summed E-state index contributed by atoms with van der Waals surface area (Å²) in [7, 11) is -3.80. The molecule has 2 amide bonds. The average molecular weight is 419 g/mol. The fraction of sp³-hybridized carbons (Fsp3) is 0.167. The van der Waals surface area contributed by atoms with Gasteiger partial charge < -0.3 is 10.6 Å². The fourth-order valence-electron chi connectivity index (χ4n) is 2.39. The van der Waals surface area contributed by atoms with E-state index in [1.54, 1.807) is 25.1 Å². The Morgan fingerprint density at radius 3 is 2.36 bits per heavy atom. The van der Waals surface area contributed by atoms with Crippen molar-refractivity contribution in [2.45, 2.75) is 25.2 Å². The molecule has 3 N–H and O–H groups in total. The molecule has 0 fully saturated rings. The largest absolute Gasteiger partial charge is 0.326 e. The molecule has 3 aromatic rings. The quantitative estimate of drug-likeness (QED) is 0.567. The molecule has 2 aromatic carbocycles. The van der Waals surface area contributed by atoms with Gasteiger partial charge >= 0.3 is 0 Å². The van der Waals surface area contributed by atoms with Gasteiger partial charge in [0.1, 0.15) is 0 Å². The number of nitrogens with zero attached hydrogens (tertiary/aromatic N) is 1. The molecule has 1 heterocycles. The molecular weight excluding hydrogens is 400 g/mol. The molecule has 146 valence electrons. The molecule has 0 saturated carbocycles. The van der Waals surface area contributed by atoms with Crippen LogP contribution in [-0.2, 0) is 19.6 Å². The Labute approximate surface area is 166 Å². The summed E-state index contributed by atoms with van der Waals surface area (Å²) >= 11 is 1.32. The fourth-order valence-corrected chi connectivity index (χ4v) is 4.30. The van der Waals surface area contributed by atoms with E-state index in [9.17, 15) is 18.0 Å². The Hall–Kier alpha value is -2.98. The summed E-state index contributed by atoms with van der Waals surface area (Å²) < 4.78 is 28.5. The number of carbonyl (C=O) groups excluding carboxylic acids is 2. The summed E-state index contributed by atoms with van der Waals surface area (Å²) in [4.78, 5) is 26.9. The minimum atomic E-state index is -3.80. The second-order valence-corrected chi connectivity index (χ2v) is 8.63. The van der Waals surface area contributed by atoms with E-state index in [0.29, 0.717) is 28.4 Å². The molecule has 8 nitrogen and oxygen atoms in total. The predicted octanol–water partition coefficient (Wildman–Crippen LogP) is 3.40. The maximum atomic E-state index is 12.6. The van der Waals surface area contributed by atoms with Crippen LogP contribution in [-0.4, -0.2) is 25.2 Å². The van der Waals surface area contributed by atoms with Crippen molar-refractivity contribution >= 4 is 59.9 Å². The lowest BCUT2D eigenvalue weighted by atomic mass is 10.3. The number of thiazole rings is 1. The van der Waals surface area contributed by atoms with Crippen molar-refractivity contribution in [3.8, 4) is 0 Å². The van der Waals surface area contributed by atoms with Gasteiger partial charge in [-0.2, -0.15) is 0 Å². The zero-order valence-corrected chi connectivity index (χ0v) is 16.8. The Balaban J connectivity index is 1.80. The van der Waals surface area contributed by atoms with Crippen molar-refractivity contribution in [1.29, 1.82) is 0 Å². The van der Waals surface area contributed by atoms with Gasteiger partial charge in [-0.3, -0.25) is 14.3 Å². The van der Waals surface area contributed by atoms with Gasteiger partial charge in [-0.05, 0) is 42.5 Å². The topological polar surface area (TPSA) is 117 Å². The summed E-state index contributed by atoms with van der Waals surface area (Å²) in [5.41, 5.74) is 1.45. The Bertz CT molecular complexity index is 1140. The van der Waals surface area contributed by atoms with E-state index in [2.05, 4.69) is 20.3 Å². The lowest BCUT2D eigenvalue weighted by molar-refractivity contribution is -0.116. The Morgan fingerprint density at radius 1 is 1.04 bits per heavy atom. The molecule has 0 unspecified atom stereocenters. The number of benzene rings is 2. The zero-order chi connectivity index (χ0) is 20.3. The molecule has 0 radical (unpaired) electrons. The standard InChI is InChI=1S/C18H18N4O4S2/c1-3-17(24)21-18-20-15-10-13(6-9-16(15)27-18)22-28(25,26)14-7-4-12(5-8-14)19-11(2)23/h4-10,22H,3H2,1-2H3,(H,19,23)(H,20,21,24). The summed E-state index contributed by atoms with van der Waals surface area (Å²) in [5, 5.41) is 5.74. The Kier molecular flexibility index (Phi) is 5.61. The molecule has 28 heavy (non-hydrogen) atoms. The van der Waals surface area contributed by atoms with E-state index >= 15 is 0 Å². The van der Waals surface area contributed by atoms with Gasteiger partial charge in [0, 0.05) is 19.0 Å². The van der Waals surface area contributed by atoms with Crippen LogP contribution >= 0.6 is 11.3 Å². The summed E-state index contributed by atoms with van der Waals surface area (Å²) in [5.74, 6) is -0.373. The molecule has 0 aliphatic heterocycles. The third kappa shape index (κ3) is 4.65. The monoisotopic (exact) mass is 418 g/mol. The minimum absolute atomic E-state index is 0.0656. The molecule has 10 heteroatoms. The second-order valence-electron chi connectivity index (χ2n) is 5.91. The molecule has 0 saturated heterocycles. The summed E-state index contributed by atoms with van der Waals surface area (Å²) in [6.07, 6.45) is 0.349. The summed E-state index contributed by atoms with van der Waals surface area (Å²) in [6.45, 7) is 3.12. The number of aromatic nitrogens is 1. The number of nitrogens with one attached hydrogen (secondary N) is 3. The van der Waals surface area contributed by atoms with E-state index in [4.69, 9.17) is 0 Å². The molecular formula is C18H18N4O4S2. The van der Waals surface area contributed by atoms with Crippen LogP contribution in [0.15, 0.2) is 47.4 Å². The van der Waals surface area contributed by atoms with Gasteiger partial charge in [-0.15, -0.1) is 0 Å². The number of anilines is 3. The molecule has 1 aromatic heterocycles. The lowest BCUT2D eigenvalue weighted by Crippen LogP contribution is -2.13. The smallest absolute Gasteiger partial charge is 0.261 e. The normalized spacial score (nSPS) is 11.2. The molecule has 0 atom stereocenters. The number of sulfonamides is 1. The minimum Gasteiger partial charge on any atom is -0.326 e. The van der Waals surface area contributed by atoms with Gasteiger partial charge in [0.25, 0.3) is 10.0 Å². The number of hydrogen-bond donors (Lipinski definition) is 3. The number of fused-ring (bicyclic) bond motifs is 1. The van der Waals surface area contributed by atoms with E-state index in [-0.39, 0.29) is 16.7 Å². The van der Waals surface area contributed by atoms with Crippen LogP contribution in [0.5, 0.6) is 0 Å². The second kappa shape index (κ2) is 7.95. The first-order valence-electron chi connectivity index (χ1n) is 8.38. The molecule has 0 aliphatic rings. The number of amides is 2. The van der Waals surface area contributed by atoms with Crippen LogP contribution in [0.4, 0.5) is 16.5 Å². The Morgan fingerprint density at radius 2 is 1.71 bits per heavy atom. The number of hydrogen-bond acceptors (Lipinski definition) is 6. The van der Waals surface area contributed by atoms with E-state index in [1.807, 2.05) is 0 Å². The highest BCUT2D eigenvalue weighted by Gasteiger charge is 2.15. The van der Waals surface area contributed by atoms with Crippen molar-refractivity contribution in [2.75, 3.05) is 15.4 Å². The van der Waals surface area contributed by atoms with Gasteiger partial charge in [-0.1, -0.05) is 18.3 Å². The van der Waals surface area contributed by atoms with Crippen LogP contribution < -0.4 is 15.4 Å². The lowest BCUT2D eigenvalue weighted by Gasteiger charge is -2.09. The maximum absolute atomic E-state index is 12.6. The number of rotatable bonds is 6. The van der Waals surface area contributed by atoms with Crippen LogP contribution in [0.25, 0.3) is 10.2 Å². The van der Waals surface area contributed by atoms with Crippen LogP contribution in [0, 0.1) is 0 Å². The maximum Gasteiger partial charge on any atom is 0.261 e. The van der Waals surface area contributed by atoms with Crippen molar-refractivity contribution in [3.63, 3.8) is 0 Å². The van der Waals surface area contributed by atoms with E-state index in [0.717, 1.165) is 4.70 Å². The summed E-state index contributed by atoms with van der Waals surface area (Å²) in [6, 6.07) is 10.8. The molecule has 0 aliphatic carbocycles. The van der Waals surface area contributed by atoms with Crippen molar-refractivity contribution in [3.05, 3.63) is 42.5 Å². The third-order valence-corrected chi connectivity index (χ3v) is 6.04. The molecule has 0 bridgehead atoms. The first-order chi connectivity index (χ1) is 13.3. The van der Waals surface area contributed by atoms with Crippen molar-refractivity contribution in [2.24, 2.45) is 0 Å². The van der Waals surface area contributed by atoms with Gasteiger partial charge in [0.2, 0.25) is 11.8 Å². The molecule has 3 rings (SSSR count). The first-order valence-corrected chi connectivity index (χ1v) is 10.7. The predicted molar refractivity (Wildman–Crippen MR) is 110 cm³/mol. The third-order valence-electron chi connectivity index (χ3n) is 3.69. The van der Waals surface area contributed by atoms with Crippen LogP contribution in [0.1, 0.15) is 20.3 Å². The molecule has 0 spiro atoms. The van der Waals surface area contributed by atoms with Crippen molar-refractivity contribution < 1.29 is 18.0 Å². The van der Waals surface area contributed by atoms with Gasteiger partial charge in [0.05, 0.1) is 20.8 Å².